The first-order valence-corrected chi connectivity index (χ1v) is 9.82. The minimum Gasteiger partial charge on any atom is -0.372 e. The van der Waals surface area contributed by atoms with E-state index in [1.807, 2.05) is 66.7 Å². The Morgan fingerprint density at radius 3 is 2.64 bits per heavy atom. The average molecular weight is 439 g/mol. The van der Waals surface area contributed by atoms with Crippen molar-refractivity contribution in [1.82, 2.24) is 5.32 Å². The molecule has 0 bridgehead atoms. The summed E-state index contributed by atoms with van der Waals surface area (Å²) in [6.45, 7) is 0.530. The highest BCUT2D eigenvalue weighted by Crippen LogP contribution is 2.30. The number of amides is 2. The number of carbonyl (C=O) groups is 2. The number of fused-ring (bicyclic) bond motifs is 1. The molecule has 3 aromatic carbocycles. The van der Waals surface area contributed by atoms with Crippen molar-refractivity contribution in [3.05, 3.63) is 76.8 Å². The number of hydrogen-bond acceptors (Lipinski definition) is 3. The maximum absolute atomic E-state index is 12.9. The highest BCUT2D eigenvalue weighted by Gasteiger charge is 2.51. The molecule has 0 aliphatic carbocycles. The summed E-state index contributed by atoms with van der Waals surface area (Å²) in [6.07, 6.45) is 0.0585. The lowest BCUT2D eigenvalue weighted by atomic mass is 10.0. The van der Waals surface area contributed by atoms with E-state index in [1.165, 1.54) is 4.90 Å². The van der Waals surface area contributed by atoms with E-state index in [0.717, 1.165) is 20.8 Å². The fourth-order valence-electron chi connectivity index (χ4n) is 3.48. The monoisotopic (exact) mass is 438 g/mol. The van der Waals surface area contributed by atoms with E-state index < -0.39 is 17.4 Å². The number of rotatable bonds is 4. The highest BCUT2D eigenvalue weighted by atomic mass is 79.9. The third kappa shape index (κ3) is 3.41. The Morgan fingerprint density at radius 1 is 1.07 bits per heavy atom. The number of anilines is 1. The van der Waals surface area contributed by atoms with Crippen LogP contribution >= 0.6 is 15.9 Å². The number of benzene rings is 3. The molecule has 28 heavy (non-hydrogen) atoms. The Morgan fingerprint density at radius 2 is 1.86 bits per heavy atom. The molecule has 1 atom stereocenters. The van der Waals surface area contributed by atoms with Crippen molar-refractivity contribution in [1.29, 1.82) is 0 Å². The van der Waals surface area contributed by atoms with Gasteiger partial charge in [0, 0.05) is 29.7 Å². The summed E-state index contributed by atoms with van der Waals surface area (Å²) >= 11 is 3.38. The fraction of sp³-hybridized carbons (Fsp3) is 0.182. The Labute approximate surface area is 171 Å². The van der Waals surface area contributed by atoms with Crippen molar-refractivity contribution in [3.8, 4) is 0 Å². The van der Waals surface area contributed by atoms with E-state index in [-0.39, 0.29) is 19.5 Å². The smallest absolute Gasteiger partial charge is 0.268 e. The molecule has 1 aliphatic rings. The molecule has 1 aliphatic heterocycles. The quantitative estimate of drug-likeness (QED) is 0.613. The number of hydrogen-bond donors (Lipinski definition) is 2. The lowest BCUT2D eigenvalue weighted by molar-refractivity contribution is -0.149. The minimum absolute atomic E-state index is 0.0585. The van der Waals surface area contributed by atoms with Crippen LogP contribution in [0.4, 0.5) is 5.69 Å². The van der Waals surface area contributed by atoms with E-state index in [1.54, 1.807) is 0 Å². The molecule has 0 spiro atoms. The number of halogens is 1. The van der Waals surface area contributed by atoms with Crippen LogP contribution in [0.15, 0.2) is 71.2 Å². The lowest BCUT2D eigenvalue weighted by Crippen LogP contribution is -2.52. The van der Waals surface area contributed by atoms with Crippen LogP contribution in [0.5, 0.6) is 0 Å². The summed E-state index contributed by atoms with van der Waals surface area (Å²) in [5, 5.41) is 15.5. The van der Waals surface area contributed by atoms with Crippen molar-refractivity contribution in [3.63, 3.8) is 0 Å². The number of nitrogens with zero attached hydrogens (tertiary/aromatic N) is 1. The molecule has 0 aromatic heterocycles. The number of aliphatic hydroxyl groups is 1. The summed E-state index contributed by atoms with van der Waals surface area (Å²) < 4.78 is 0.900. The first-order valence-electron chi connectivity index (χ1n) is 9.03. The molecule has 142 valence electrons. The van der Waals surface area contributed by atoms with Crippen molar-refractivity contribution < 1.29 is 14.7 Å². The van der Waals surface area contributed by atoms with Gasteiger partial charge in [-0.25, -0.2) is 0 Å². The van der Waals surface area contributed by atoms with Crippen molar-refractivity contribution >= 4 is 44.2 Å². The minimum atomic E-state index is -2.04. The van der Waals surface area contributed by atoms with E-state index in [9.17, 15) is 14.7 Å². The highest BCUT2D eigenvalue weighted by molar-refractivity contribution is 9.10. The fourth-order valence-corrected chi connectivity index (χ4v) is 3.93. The molecule has 1 unspecified atom stereocenters. The van der Waals surface area contributed by atoms with Gasteiger partial charge in [0.2, 0.25) is 5.60 Å². The largest absolute Gasteiger partial charge is 0.372 e. The van der Waals surface area contributed by atoms with Crippen LogP contribution in [0.2, 0.25) is 0 Å². The first-order chi connectivity index (χ1) is 13.5. The molecule has 2 amide bonds. The zero-order valence-electron chi connectivity index (χ0n) is 15.1. The van der Waals surface area contributed by atoms with Crippen molar-refractivity contribution in [2.24, 2.45) is 0 Å². The van der Waals surface area contributed by atoms with Gasteiger partial charge < -0.3 is 15.3 Å². The maximum Gasteiger partial charge on any atom is 0.268 e. The zero-order valence-corrected chi connectivity index (χ0v) is 16.6. The molecule has 6 heteroatoms. The van der Waals surface area contributed by atoms with E-state index in [2.05, 4.69) is 21.2 Å². The maximum atomic E-state index is 12.9. The summed E-state index contributed by atoms with van der Waals surface area (Å²) in [6, 6.07) is 21.0. The standard InChI is InChI=1S/C22H19BrN2O3/c23-18-7-3-4-15(12-18)14-24-20(26)22(28)10-11-25(21(22)27)19-9-8-16-5-1-2-6-17(16)13-19/h1-9,12-13,28H,10-11,14H2,(H,24,26). The Kier molecular flexibility index (Phi) is 4.91. The molecule has 5 nitrogen and oxygen atoms in total. The van der Waals surface area contributed by atoms with Gasteiger partial charge in [0.25, 0.3) is 11.8 Å². The van der Waals surface area contributed by atoms with Gasteiger partial charge in [0.05, 0.1) is 0 Å². The molecular formula is C22H19BrN2O3. The van der Waals surface area contributed by atoms with Gasteiger partial charge in [-0.1, -0.05) is 58.4 Å². The SMILES string of the molecule is O=C(NCc1cccc(Br)c1)C1(O)CCN(c2ccc3ccccc3c2)C1=O. The van der Waals surface area contributed by atoms with Gasteiger partial charge in [0.1, 0.15) is 0 Å². The van der Waals surface area contributed by atoms with Crippen LogP contribution in [0, 0.1) is 0 Å². The van der Waals surface area contributed by atoms with E-state index in [4.69, 9.17) is 0 Å². The van der Waals surface area contributed by atoms with Crippen LogP contribution in [0.3, 0.4) is 0 Å². The first kappa shape index (κ1) is 18.7. The normalized spacial score (nSPS) is 19.2. The van der Waals surface area contributed by atoms with Crippen molar-refractivity contribution in [2.45, 2.75) is 18.6 Å². The van der Waals surface area contributed by atoms with Crippen LogP contribution in [0.25, 0.3) is 10.8 Å². The predicted molar refractivity (Wildman–Crippen MR) is 112 cm³/mol. The van der Waals surface area contributed by atoms with Crippen LogP contribution in [-0.4, -0.2) is 29.1 Å². The number of nitrogens with one attached hydrogen (secondary N) is 1. The lowest BCUT2D eigenvalue weighted by Gasteiger charge is -2.22. The van der Waals surface area contributed by atoms with Gasteiger partial charge in [0.15, 0.2) is 0 Å². The predicted octanol–water partition coefficient (Wildman–Crippen LogP) is 3.39. The Balaban J connectivity index is 1.50. The molecule has 0 saturated carbocycles. The van der Waals surface area contributed by atoms with Crippen LogP contribution in [0.1, 0.15) is 12.0 Å². The second kappa shape index (κ2) is 7.37. The second-order valence-corrected chi connectivity index (χ2v) is 7.83. The van der Waals surface area contributed by atoms with Gasteiger partial charge in [-0.3, -0.25) is 9.59 Å². The van der Waals surface area contributed by atoms with Gasteiger partial charge in [-0.15, -0.1) is 0 Å². The van der Waals surface area contributed by atoms with Crippen LogP contribution < -0.4 is 10.2 Å². The molecule has 1 saturated heterocycles. The summed E-state index contributed by atoms with van der Waals surface area (Å²) in [5.74, 6) is -1.25. The molecule has 2 N–H and O–H groups in total. The third-order valence-electron chi connectivity index (χ3n) is 5.06. The van der Waals surface area contributed by atoms with Crippen molar-refractivity contribution in [2.75, 3.05) is 11.4 Å². The average Bonchev–Trinajstić information content (AvgIpc) is 3.02. The van der Waals surface area contributed by atoms with E-state index in [0.29, 0.717) is 5.69 Å². The molecular weight excluding hydrogens is 420 g/mol. The van der Waals surface area contributed by atoms with Gasteiger partial charge in [-0.05, 0) is 40.6 Å². The van der Waals surface area contributed by atoms with Gasteiger partial charge in [-0.2, -0.15) is 0 Å². The summed E-state index contributed by atoms with van der Waals surface area (Å²) in [5.41, 5.74) is -0.486. The molecule has 1 fully saturated rings. The number of carbonyl (C=O) groups excluding carboxylic acids is 2. The molecule has 4 rings (SSSR count). The Bertz CT molecular complexity index is 1070. The second-order valence-electron chi connectivity index (χ2n) is 6.91. The summed E-state index contributed by atoms with van der Waals surface area (Å²) in [7, 11) is 0. The molecule has 0 radical (unpaired) electrons. The molecule has 1 heterocycles. The Hall–Kier alpha value is -2.70. The molecule has 3 aromatic rings. The topological polar surface area (TPSA) is 69.6 Å². The summed E-state index contributed by atoms with van der Waals surface area (Å²) in [4.78, 5) is 27.0. The van der Waals surface area contributed by atoms with E-state index >= 15 is 0 Å². The van der Waals surface area contributed by atoms with Crippen LogP contribution in [-0.2, 0) is 16.1 Å². The van der Waals surface area contributed by atoms with Gasteiger partial charge >= 0.3 is 0 Å². The third-order valence-corrected chi connectivity index (χ3v) is 5.55. The zero-order chi connectivity index (χ0) is 19.7.